The zero-order valence-corrected chi connectivity index (χ0v) is 11.7. The summed E-state index contributed by atoms with van der Waals surface area (Å²) in [7, 11) is 0. The van der Waals surface area contributed by atoms with Gasteiger partial charge in [0.2, 0.25) is 0 Å². The van der Waals surface area contributed by atoms with E-state index >= 15 is 0 Å². The van der Waals surface area contributed by atoms with E-state index in [0.29, 0.717) is 5.92 Å². The molecule has 8 heteroatoms. The van der Waals surface area contributed by atoms with Crippen LogP contribution in [0.25, 0.3) is 0 Å². The van der Waals surface area contributed by atoms with Gasteiger partial charge < -0.3 is 5.32 Å². The number of urea groups is 1. The fraction of sp³-hybridized carbons (Fsp3) is 0.231. The van der Waals surface area contributed by atoms with Crippen LogP contribution in [0.5, 0.6) is 0 Å². The van der Waals surface area contributed by atoms with Crippen molar-refractivity contribution >= 4 is 27.5 Å². The molecule has 0 aliphatic heterocycles. The molecule has 108 valence electrons. The number of amides is 2. The Morgan fingerprint density at radius 1 is 1.38 bits per heavy atom. The van der Waals surface area contributed by atoms with Gasteiger partial charge in [-0.2, -0.15) is 0 Å². The van der Waals surface area contributed by atoms with Crippen molar-refractivity contribution in [1.82, 2.24) is 10.3 Å². The van der Waals surface area contributed by atoms with Crippen molar-refractivity contribution in [3.05, 3.63) is 52.2 Å². The molecule has 0 radical (unpaired) electrons. The molecule has 1 aliphatic rings. The predicted molar refractivity (Wildman–Crippen MR) is 78.5 cm³/mol. The molecule has 0 saturated heterocycles. The zero-order valence-electron chi connectivity index (χ0n) is 10.9. The first-order chi connectivity index (χ1) is 10.1. The predicted octanol–water partition coefficient (Wildman–Crippen LogP) is 2.73. The standard InChI is InChI=1S/C13H12N4O3S/c18-12(16-13-14-7-11(21-13)17(19)20)15-10-6-9(10)8-4-2-1-3-5-8/h1-5,7,9-10H,6H2,(H2,14,15,16,18). The molecule has 2 atom stereocenters. The van der Waals surface area contributed by atoms with Gasteiger partial charge in [0.15, 0.2) is 5.13 Å². The molecule has 1 aromatic carbocycles. The molecular weight excluding hydrogens is 292 g/mol. The molecule has 0 spiro atoms. The summed E-state index contributed by atoms with van der Waals surface area (Å²) in [5, 5.41) is 16.0. The van der Waals surface area contributed by atoms with Crippen LogP contribution < -0.4 is 10.6 Å². The van der Waals surface area contributed by atoms with Crippen LogP contribution in [-0.2, 0) is 0 Å². The number of aromatic nitrogens is 1. The minimum atomic E-state index is -0.535. The van der Waals surface area contributed by atoms with E-state index in [4.69, 9.17) is 0 Å². The number of carbonyl (C=O) groups excluding carboxylic acids is 1. The highest BCUT2D eigenvalue weighted by Crippen LogP contribution is 2.40. The highest BCUT2D eigenvalue weighted by molar-refractivity contribution is 7.18. The molecule has 1 saturated carbocycles. The Kier molecular flexibility index (Phi) is 3.53. The first-order valence-electron chi connectivity index (χ1n) is 6.36. The third kappa shape index (κ3) is 3.16. The van der Waals surface area contributed by atoms with Crippen LogP contribution >= 0.6 is 11.3 Å². The Hall–Kier alpha value is -2.48. The van der Waals surface area contributed by atoms with E-state index in [9.17, 15) is 14.9 Å². The van der Waals surface area contributed by atoms with Gasteiger partial charge in [0, 0.05) is 12.0 Å². The average Bonchev–Trinajstić information content (AvgIpc) is 3.06. The summed E-state index contributed by atoms with van der Waals surface area (Å²) in [5.41, 5.74) is 1.20. The monoisotopic (exact) mass is 304 g/mol. The third-order valence-electron chi connectivity index (χ3n) is 3.23. The summed E-state index contributed by atoms with van der Waals surface area (Å²) in [6.07, 6.45) is 2.03. The highest BCUT2D eigenvalue weighted by Gasteiger charge is 2.39. The first kappa shape index (κ1) is 13.5. The van der Waals surface area contributed by atoms with Crippen LogP contribution in [0, 0.1) is 10.1 Å². The quantitative estimate of drug-likeness (QED) is 0.670. The highest BCUT2D eigenvalue weighted by atomic mass is 32.1. The molecule has 21 heavy (non-hydrogen) atoms. The van der Waals surface area contributed by atoms with Gasteiger partial charge in [0.05, 0.1) is 4.92 Å². The summed E-state index contributed by atoms with van der Waals surface area (Å²) in [4.78, 5) is 25.6. The smallest absolute Gasteiger partial charge is 0.334 e. The van der Waals surface area contributed by atoms with E-state index in [1.807, 2.05) is 30.3 Å². The normalized spacial score (nSPS) is 19.8. The minimum Gasteiger partial charge on any atom is -0.334 e. The largest absolute Gasteiger partial charge is 0.345 e. The van der Waals surface area contributed by atoms with E-state index in [-0.39, 0.29) is 22.2 Å². The maximum absolute atomic E-state index is 11.8. The van der Waals surface area contributed by atoms with Gasteiger partial charge in [-0.25, -0.2) is 9.78 Å². The Balaban J connectivity index is 1.52. The van der Waals surface area contributed by atoms with Crippen molar-refractivity contribution in [2.75, 3.05) is 5.32 Å². The molecule has 1 aliphatic carbocycles. The van der Waals surface area contributed by atoms with Crippen molar-refractivity contribution in [2.24, 2.45) is 0 Å². The lowest BCUT2D eigenvalue weighted by molar-refractivity contribution is -0.380. The van der Waals surface area contributed by atoms with Crippen molar-refractivity contribution in [3.8, 4) is 0 Å². The Morgan fingerprint density at radius 2 is 2.14 bits per heavy atom. The second-order valence-corrected chi connectivity index (χ2v) is 5.73. The lowest BCUT2D eigenvalue weighted by Gasteiger charge is -2.04. The Labute approximate surface area is 124 Å². The lowest BCUT2D eigenvalue weighted by Crippen LogP contribution is -2.31. The molecule has 2 unspecified atom stereocenters. The molecule has 2 N–H and O–H groups in total. The van der Waals surface area contributed by atoms with Crippen molar-refractivity contribution in [1.29, 1.82) is 0 Å². The van der Waals surface area contributed by atoms with Crippen LogP contribution in [-0.4, -0.2) is 22.0 Å². The van der Waals surface area contributed by atoms with Crippen molar-refractivity contribution in [3.63, 3.8) is 0 Å². The fourth-order valence-electron chi connectivity index (χ4n) is 2.13. The molecule has 0 bridgehead atoms. The minimum absolute atomic E-state index is 0.0983. The summed E-state index contributed by atoms with van der Waals surface area (Å²) >= 11 is 0.832. The van der Waals surface area contributed by atoms with E-state index in [1.54, 1.807) is 0 Å². The molecule has 1 fully saturated rings. The fourth-order valence-corrected chi connectivity index (χ4v) is 2.76. The summed E-state index contributed by atoms with van der Waals surface area (Å²) in [6.45, 7) is 0. The van der Waals surface area contributed by atoms with Crippen LogP contribution in [0.15, 0.2) is 36.5 Å². The van der Waals surface area contributed by atoms with Gasteiger partial charge in [-0.1, -0.05) is 30.3 Å². The number of nitrogens with one attached hydrogen (secondary N) is 2. The van der Waals surface area contributed by atoms with Crippen LogP contribution in [0.3, 0.4) is 0 Å². The third-order valence-corrected chi connectivity index (χ3v) is 4.09. The SMILES string of the molecule is O=C(Nc1ncc([N+](=O)[O-])s1)NC1CC1c1ccccc1. The molecule has 7 nitrogen and oxygen atoms in total. The van der Waals surface area contributed by atoms with E-state index in [1.165, 1.54) is 5.56 Å². The Morgan fingerprint density at radius 3 is 2.81 bits per heavy atom. The maximum atomic E-state index is 11.8. The average molecular weight is 304 g/mol. The maximum Gasteiger partial charge on any atom is 0.345 e. The number of nitro groups is 1. The first-order valence-corrected chi connectivity index (χ1v) is 7.18. The molecule has 2 aromatic rings. The van der Waals surface area contributed by atoms with Gasteiger partial charge in [-0.05, 0) is 23.3 Å². The van der Waals surface area contributed by atoms with Gasteiger partial charge in [-0.3, -0.25) is 15.4 Å². The molecule has 1 heterocycles. The number of carbonyl (C=O) groups is 1. The summed E-state index contributed by atoms with van der Waals surface area (Å²) in [5.74, 6) is 0.336. The number of rotatable bonds is 4. The number of anilines is 1. The van der Waals surface area contributed by atoms with Crippen LogP contribution in [0.1, 0.15) is 17.9 Å². The second kappa shape index (κ2) is 5.49. The zero-order chi connectivity index (χ0) is 14.8. The number of thiazole rings is 1. The van der Waals surface area contributed by atoms with Gasteiger partial charge in [0.25, 0.3) is 0 Å². The molecular formula is C13H12N4O3S. The molecule has 1 aromatic heterocycles. The van der Waals surface area contributed by atoms with E-state index in [0.717, 1.165) is 24.0 Å². The van der Waals surface area contributed by atoms with Crippen molar-refractivity contribution < 1.29 is 9.72 Å². The topological polar surface area (TPSA) is 97.2 Å². The van der Waals surface area contributed by atoms with E-state index in [2.05, 4.69) is 15.6 Å². The summed E-state index contributed by atoms with van der Waals surface area (Å²) < 4.78 is 0. The van der Waals surface area contributed by atoms with Gasteiger partial charge in [0.1, 0.15) is 6.20 Å². The van der Waals surface area contributed by atoms with Crippen LogP contribution in [0.4, 0.5) is 14.9 Å². The Bertz CT molecular complexity index is 673. The van der Waals surface area contributed by atoms with Crippen LogP contribution in [0.2, 0.25) is 0 Å². The number of nitrogens with zero attached hydrogens (tertiary/aromatic N) is 2. The lowest BCUT2D eigenvalue weighted by atomic mass is 10.1. The summed E-state index contributed by atoms with van der Waals surface area (Å²) in [6, 6.07) is 9.68. The van der Waals surface area contributed by atoms with Gasteiger partial charge in [-0.15, -0.1) is 0 Å². The van der Waals surface area contributed by atoms with Crippen molar-refractivity contribution in [2.45, 2.75) is 18.4 Å². The number of hydrogen-bond acceptors (Lipinski definition) is 5. The van der Waals surface area contributed by atoms with E-state index < -0.39 is 4.92 Å². The molecule has 2 amide bonds. The number of hydrogen-bond donors (Lipinski definition) is 2. The molecule has 3 rings (SSSR count). The van der Waals surface area contributed by atoms with Gasteiger partial charge >= 0.3 is 11.0 Å². The second-order valence-electron chi connectivity index (χ2n) is 4.72. The number of benzene rings is 1.